The molecule has 0 aliphatic heterocycles. The van der Waals surface area contributed by atoms with E-state index in [0.29, 0.717) is 18.1 Å². The van der Waals surface area contributed by atoms with Crippen LogP contribution in [0.15, 0.2) is 41.0 Å². The van der Waals surface area contributed by atoms with Crippen molar-refractivity contribution in [2.24, 2.45) is 0 Å². The number of hydrogen-bond donors (Lipinski definition) is 2. The zero-order chi connectivity index (χ0) is 14.9. The average molecular weight is 287 g/mol. The van der Waals surface area contributed by atoms with Gasteiger partial charge in [0.05, 0.1) is 12.1 Å². The molecule has 2 N–H and O–H groups in total. The smallest absolute Gasteiger partial charge is 0.226 e. The van der Waals surface area contributed by atoms with E-state index in [1.807, 2.05) is 30.3 Å². The van der Waals surface area contributed by atoms with E-state index >= 15 is 0 Å². The highest BCUT2D eigenvalue weighted by Gasteiger charge is 2.09. The minimum absolute atomic E-state index is 0.0405. The summed E-state index contributed by atoms with van der Waals surface area (Å²) >= 11 is 0. The van der Waals surface area contributed by atoms with Crippen molar-refractivity contribution >= 4 is 5.91 Å². The second-order valence-electron chi connectivity index (χ2n) is 4.79. The molecule has 1 aromatic carbocycles. The SMILES string of the molecule is CCCNCCNC(=O)Cc1coc(-c2ccccc2)n1. The molecule has 0 aliphatic carbocycles. The maximum absolute atomic E-state index is 11.8. The Morgan fingerprint density at radius 3 is 2.76 bits per heavy atom. The summed E-state index contributed by atoms with van der Waals surface area (Å²) in [6.07, 6.45) is 2.87. The number of carbonyl (C=O) groups is 1. The third kappa shape index (κ3) is 5.04. The lowest BCUT2D eigenvalue weighted by molar-refractivity contribution is -0.120. The molecule has 0 atom stereocenters. The molecule has 0 bridgehead atoms. The molecule has 0 spiro atoms. The van der Waals surface area contributed by atoms with E-state index in [9.17, 15) is 4.79 Å². The molecule has 1 aromatic heterocycles. The largest absolute Gasteiger partial charge is 0.444 e. The molecule has 0 saturated heterocycles. The van der Waals surface area contributed by atoms with Gasteiger partial charge in [0.25, 0.3) is 0 Å². The second-order valence-corrected chi connectivity index (χ2v) is 4.79. The van der Waals surface area contributed by atoms with Gasteiger partial charge in [-0.3, -0.25) is 4.79 Å². The fourth-order valence-electron chi connectivity index (χ4n) is 1.92. The predicted molar refractivity (Wildman–Crippen MR) is 81.8 cm³/mol. The first-order chi connectivity index (χ1) is 10.3. The third-order valence-corrected chi connectivity index (χ3v) is 2.96. The van der Waals surface area contributed by atoms with Crippen LogP contribution in [0.2, 0.25) is 0 Å². The number of nitrogens with zero attached hydrogens (tertiary/aromatic N) is 1. The van der Waals surface area contributed by atoms with E-state index in [0.717, 1.165) is 25.1 Å². The van der Waals surface area contributed by atoms with Crippen LogP contribution >= 0.6 is 0 Å². The molecular weight excluding hydrogens is 266 g/mol. The van der Waals surface area contributed by atoms with Crippen molar-refractivity contribution in [2.45, 2.75) is 19.8 Å². The van der Waals surface area contributed by atoms with Gasteiger partial charge in [-0.2, -0.15) is 0 Å². The van der Waals surface area contributed by atoms with Crippen molar-refractivity contribution in [2.75, 3.05) is 19.6 Å². The van der Waals surface area contributed by atoms with Crippen LogP contribution in [-0.2, 0) is 11.2 Å². The van der Waals surface area contributed by atoms with Crippen molar-refractivity contribution < 1.29 is 9.21 Å². The Labute approximate surface area is 124 Å². The average Bonchev–Trinajstić information content (AvgIpc) is 2.96. The summed E-state index contributed by atoms with van der Waals surface area (Å²) in [7, 11) is 0. The van der Waals surface area contributed by atoms with Crippen LogP contribution in [-0.4, -0.2) is 30.5 Å². The number of aromatic nitrogens is 1. The topological polar surface area (TPSA) is 67.2 Å². The van der Waals surface area contributed by atoms with E-state index in [4.69, 9.17) is 4.42 Å². The quantitative estimate of drug-likeness (QED) is 0.729. The van der Waals surface area contributed by atoms with Crippen LogP contribution in [0, 0.1) is 0 Å². The van der Waals surface area contributed by atoms with E-state index < -0.39 is 0 Å². The van der Waals surface area contributed by atoms with Crippen LogP contribution in [0.3, 0.4) is 0 Å². The van der Waals surface area contributed by atoms with E-state index in [1.165, 1.54) is 6.26 Å². The Bertz CT molecular complexity index is 552. The van der Waals surface area contributed by atoms with Gasteiger partial charge in [-0.05, 0) is 25.1 Å². The number of benzene rings is 1. The van der Waals surface area contributed by atoms with Crippen LogP contribution in [0.25, 0.3) is 11.5 Å². The zero-order valence-corrected chi connectivity index (χ0v) is 12.3. The maximum Gasteiger partial charge on any atom is 0.226 e. The van der Waals surface area contributed by atoms with Gasteiger partial charge in [-0.25, -0.2) is 4.98 Å². The molecule has 5 nitrogen and oxygen atoms in total. The van der Waals surface area contributed by atoms with E-state index in [-0.39, 0.29) is 12.3 Å². The summed E-state index contributed by atoms with van der Waals surface area (Å²) in [4.78, 5) is 16.1. The Kier molecular flexibility index (Phi) is 5.97. The molecule has 112 valence electrons. The van der Waals surface area contributed by atoms with Crippen molar-refractivity contribution in [1.82, 2.24) is 15.6 Å². The van der Waals surface area contributed by atoms with Crippen molar-refractivity contribution in [3.63, 3.8) is 0 Å². The molecule has 1 amide bonds. The highest BCUT2D eigenvalue weighted by Crippen LogP contribution is 2.17. The normalized spacial score (nSPS) is 10.5. The molecule has 0 aliphatic rings. The summed E-state index contributed by atoms with van der Waals surface area (Å²) in [6.45, 7) is 4.50. The van der Waals surface area contributed by atoms with Gasteiger partial charge in [-0.1, -0.05) is 25.1 Å². The van der Waals surface area contributed by atoms with E-state index in [2.05, 4.69) is 22.5 Å². The number of rotatable bonds is 8. The standard InChI is InChI=1S/C16H21N3O2/c1-2-8-17-9-10-18-15(20)11-14-12-21-16(19-14)13-6-4-3-5-7-13/h3-7,12,17H,2,8-11H2,1H3,(H,18,20). The maximum atomic E-state index is 11.8. The van der Waals surface area contributed by atoms with Crippen LogP contribution in [0.4, 0.5) is 0 Å². The highest BCUT2D eigenvalue weighted by atomic mass is 16.3. The minimum Gasteiger partial charge on any atom is -0.444 e. The van der Waals surface area contributed by atoms with Crippen molar-refractivity contribution in [3.8, 4) is 11.5 Å². The van der Waals surface area contributed by atoms with Gasteiger partial charge in [-0.15, -0.1) is 0 Å². The Morgan fingerprint density at radius 1 is 1.19 bits per heavy atom. The van der Waals surface area contributed by atoms with Gasteiger partial charge in [0.1, 0.15) is 6.26 Å². The lowest BCUT2D eigenvalue weighted by Crippen LogP contribution is -2.33. The van der Waals surface area contributed by atoms with Gasteiger partial charge in [0, 0.05) is 18.7 Å². The molecule has 2 aromatic rings. The summed E-state index contributed by atoms with van der Waals surface area (Å²) < 4.78 is 5.41. The molecule has 0 radical (unpaired) electrons. The molecule has 0 unspecified atom stereocenters. The summed E-state index contributed by atoms with van der Waals surface area (Å²) in [5.74, 6) is 0.504. The molecule has 2 rings (SSSR count). The second kappa shape index (κ2) is 8.21. The lowest BCUT2D eigenvalue weighted by atomic mass is 10.2. The molecule has 0 fully saturated rings. The number of amides is 1. The van der Waals surface area contributed by atoms with Gasteiger partial charge < -0.3 is 15.1 Å². The summed E-state index contributed by atoms with van der Waals surface area (Å²) in [5, 5.41) is 6.09. The predicted octanol–water partition coefficient (Wildman–Crippen LogP) is 2.00. The van der Waals surface area contributed by atoms with Gasteiger partial charge >= 0.3 is 0 Å². The third-order valence-electron chi connectivity index (χ3n) is 2.96. The van der Waals surface area contributed by atoms with Crippen LogP contribution in [0.5, 0.6) is 0 Å². The number of hydrogen-bond acceptors (Lipinski definition) is 4. The van der Waals surface area contributed by atoms with Crippen LogP contribution < -0.4 is 10.6 Å². The lowest BCUT2D eigenvalue weighted by Gasteiger charge is -2.04. The number of oxazole rings is 1. The van der Waals surface area contributed by atoms with Crippen molar-refractivity contribution in [1.29, 1.82) is 0 Å². The molecule has 1 heterocycles. The fraction of sp³-hybridized carbons (Fsp3) is 0.375. The monoisotopic (exact) mass is 287 g/mol. The zero-order valence-electron chi connectivity index (χ0n) is 12.3. The highest BCUT2D eigenvalue weighted by molar-refractivity contribution is 5.78. The molecule has 0 saturated carbocycles. The minimum atomic E-state index is -0.0405. The van der Waals surface area contributed by atoms with E-state index in [1.54, 1.807) is 0 Å². The first kappa shape index (κ1) is 15.3. The Hall–Kier alpha value is -2.14. The summed E-state index contributed by atoms with van der Waals surface area (Å²) in [6, 6.07) is 9.64. The fourth-order valence-corrected chi connectivity index (χ4v) is 1.92. The molecule has 5 heteroatoms. The summed E-state index contributed by atoms with van der Waals surface area (Å²) in [5.41, 5.74) is 1.56. The molecule has 21 heavy (non-hydrogen) atoms. The number of nitrogens with one attached hydrogen (secondary N) is 2. The van der Waals surface area contributed by atoms with Crippen LogP contribution in [0.1, 0.15) is 19.0 Å². The molecular formula is C16H21N3O2. The first-order valence-electron chi connectivity index (χ1n) is 7.27. The van der Waals surface area contributed by atoms with Crippen molar-refractivity contribution in [3.05, 3.63) is 42.3 Å². The van der Waals surface area contributed by atoms with Gasteiger partial charge in [0.2, 0.25) is 11.8 Å². The van der Waals surface area contributed by atoms with Gasteiger partial charge in [0.15, 0.2) is 0 Å². The Morgan fingerprint density at radius 2 is 2.00 bits per heavy atom. The first-order valence-corrected chi connectivity index (χ1v) is 7.27. The number of carbonyl (C=O) groups excluding carboxylic acids is 1. The Balaban J connectivity index is 1.78.